The molecule has 0 heterocycles. The van der Waals surface area contributed by atoms with Crippen molar-refractivity contribution in [1.82, 2.24) is 0 Å². The van der Waals surface area contributed by atoms with Crippen LogP contribution < -0.4 is 9.47 Å². The van der Waals surface area contributed by atoms with Gasteiger partial charge < -0.3 is 19.7 Å². The first-order chi connectivity index (χ1) is 21.2. The van der Waals surface area contributed by atoms with Crippen molar-refractivity contribution in [2.75, 3.05) is 0 Å². The summed E-state index contributed by atoms with van der Waals surface area (Å²) in [5.74, 6) is 2.65. The van der Waals surface area contributed by atoms with Crippen LogP contribution in [0.25, 0.3) is 0 Å². The Morgan fingerprint density at radius 2 is 1.20 bits per heavy atom. The van der Waals surface area contributed by atoms with E-state index in [9.17, 15) is 30.4 Å². The Hall–Kier alpha value is -5.12. The Bertz CT molecular complexity index is 1780. The van der Waals surface area contributed by atoms with Gasteiger partial charge in [-0.25, -0.2) is 0 Å². The van der Waals surface area contributed by atoms with Crippen LogP contribution in [-0.4, -0.2) is 20.1 Å². The predicted molar refractivity (Wildman–Crippen MR) is 161 cm³/mol. The minimum absolute atomic E-state index is 0.0909. The van der Waals surface area contributed by atoms with E-state index in [1.165, 1.54) is 42.8 Å². The summed E-state index contributed by atoms with van der Waals surface area (Å²) in [5, 5.41) is 42.9. The molecule has 4 fully saturated rings. The first-order valence-corrected chi connectivity index (χ1v) is 14.7. The number of nitrogens with zero attached hydrogens (tertiary/aromatic N) is 2. The lowest BCUT2D eigenvalue weighted by Gasteiger charge is -2.62. The van der Waals surface area contributed by atoms with Gasteiger partial charge in [0.05, 0.1) is 9.85 Å². The first kappa shape index (κ1) is 27.7. The minimum Gasteiger partial charge on any atom is -0.502 e. The maximum atomic E-state index is 11.2. The normalized spacial score (nSPS) is 25.0. The predicted octanol–water partition coefficient (Wildman–Crippen LogP) is 8.36. The first-order valence-electron chi connectivity index (χ1n) is 14.7. The lowest BCUT2D eigenvalue weighted by Crippen LogP contribution is -2.54. The molecule has 4 saturated carbocycles. The van der Waals surface area contributed by atoms with E-state index in [4.69, 9.17) is 9.47 Å². The standard InChI is InChI=1S/C34H30N2O8/c37-29-16-23(9-11-27(29)35(39)40)43-31-7-3-1-5-25(31)33-22-14-20-13-21(15-22)19-34(33,18-20)26-6-2-4-8-32(26)44-24-10-12-28(36(41)42)30(38)17-24/h1-12,16-17,20-22,33,37-38H,13-15,18-19H2. The highest BCUT2D eigenvalue weighted by molar-refractivity contribution is 5.55. The molecule has 8 rings (SSSR count). The van der Waals surface area contributed by atoms with Crippen LogP contribution in [0.15, 0.2) is 84.9 Å². The maximum Gasteiger partial charge on any atom is 0.310 e. The fraction of sp³-hybridized carbons (Fsp3) is 0.294. The van der Waals surface area contributed by atoms with Gasteiger partial charge in [-0.2, -0.15) is 0 Å². The van der Waals surface area contributed by atoms with Crippen LogP contribution in [0.5, 0.6) is 34.5 Å². The molecule has 4 aliphatic carbocycles. The highest BCUT2D eigenvalue weighted by Crippen LogP contribution is 2.68. The summed E-state index contributed by atoms with van der Waals surface area (Å²) in [5.41, 5.74) is 1.06. The van der Waals surface area contributed by atoms with Gasteiger partial charge in [-0.05, 0) is 79.7 Å². The number of para-hydroxylation sites is 2. The number of ether oxygens (including phenoxy) is 2. The monoisotopic (exact) mass is 594 g/mol. The molecule has 4 aromatic carbocycles. The largest absolute Gasteiger partial charge is 0.502 e. The number of nitro benzene ring substituents is 2. The van der Waals surface area contributed by atoms with Crippen molar-refractivity contribution < 1.29 is 29.5 Å². The molecule has 0 aliphatic heterocycles. The minimum atomic E-state index is -0.636. The smallest absolute Gasteiger partial charge is 0.310 e. The topological polar surface area (TPSA) is 145 Å². The van der Waals surface area contributed by atoms with Crippen molar-refractivity contribution in [2.24, 2.45) is 17.8 Å². The van der Waals surface area contributed by atoms with Gasteiger partial charge in [0.25, 0.3) is 0 Å². The zero-order valence-electron chi connectivity index (χ0n) is 23.7. The molecule has 4 aromatic rings. The van der Waals surface area contributed by atoms with Gasteiger partial charge in [0.2, 0.25) is 0 Å². The van der Waals surface area contributed by atoms with E-state index >= 15 is 0 Å². The number of phenols is 2. The molecule has 224 valence electrons. The fourth-order valence-electron chi connectivity index (χ4n) is 8.47. The number of benzene rings is 4. The van der Waals surface area contributed by atoms with Crippen LogP contribution in [0.4, 0.5) is 11.4 Å². The van der Waals surface area contributed by atoms with E-state index in [-0.39, 0.29) is 22.7 Å². The molecular weight excluding hydrogens is 564 g/mol. The third-order valence-corrected chi connectivity index (χ3v) is 9.73. The highest BCUT2D eigenvalue weighted by Gasteiger charge is 2.59. The van der Waals surface area contributed by atoms with Crippen LogP contribution >= 0.6 is 0 Å². The fourth-order valence-corrected chi connectivity index (χ4v) is 8.47. The SMILES string of the molecule is O=[N+]([O-])c1ccc(Oc2ccccc2C2C3CC4CC(C3)CC2(c2ccccc2Oc2ccc([N+](=O)[O-])c(O)c2)C4)cc1O. The van der Waals surface area contributed by atoms with E-state index in [0.29, 0.717) is 40.8 Å². The zero-order valence-corrected chi connectivity index (χ0v) is 23.7. The lowest BCUT2D eigenvalue weighted by molar-refractivity contribution is -0.386. The third-order valence-electron chi connectivity index (χ3n) is 9.73. The molecule has 3 atom stereocenters. The number of hydrogen-bond donors (Lipinski definition) is 2. The molecular formula is C34H30N2O8. The Labute approximate surface area is 252 Å². The van der Waals surface area contributed by atoms with Crippen molar-refractivity contribution in [3.8, 4) is 34.5 Å². The molecule has 0 radical (unpaired) electrons. The van der Waals surface area contributed by atoms with Crippen molar-refractivity contribution in [3.05, 3.63) is 116 Å². The van der Waals surface area contributed by atoms with Crippen LogP contribution in [-0.2, 0) is 5.41 Å². The molecule has 44 heavy (non-hydrogen) atoms. The van der Waals surface area contributed by atoms with Crippen molar-refractivity contribution in [2.45, 2.75) is 43.4 Å². The summed E-state index contributed by atoms with van der Waals surface area (Å²) in [6.45, 7) is 0. The van der Waals surface area contributed by atoms with Crippen LogP contribution in [0.1, 0.15) is 49.1 Å². The molecule has 10 heteroatoms. The van der Waals surface area contributed by atoms with Gasteiger partial charge >= 0.3 is 11.4 Å². The molecule has 4 aliphatic rings. The third kappa shape index (κ3) is 4.67. The van der Waals surface area contributed by atoms with Crippen LogP contribution in [0.2, 0.25) is 0 Å². The number of nitro groups is 2. The van der Waals surface area contributed by atoms with Crippen LogP contribution in [0.3, 0.4) is 0 Å². The molecule has 0 amide bonds. The van der Waals surface area contributed by atoms with E-state index in [1.807, 2.05) is 36.4 Å². The van der Waals surface area contributed by atoms with Crippen molar-refractivity contribution in [1.29, 1.82) is 0 Å². The molecule has 0 saturated heterocycles. The molecule has 10 nitrogen and oxygen atoms in total. The van der Waals surface area contributed by atoms with E-state index < -0.39 is 21.3 Å². The quantitative estimate of drug-likeness (QED) is 0.153. The maximum absolute atomic E-state index is 11.2. The molecule has 3 unspecified atom stereocenters. The summed E-state index contributed by atoms with van der Waals surface area (Å²) in [6.07, 6.45) is 5.40. The zero-order chi connectivity index (χ0) is 30.6. The second-order valence-corrected chi connectivity index (χ2v) is 12.3. The Balaban J connectivity index is 1.30. The number of aromatic hydroxyl groups is 2. The van der Waals surface area contributed by atoms with E-state index in [0.717, 1.165) is 36.8 Å². The lowest BCUT2D eigenvalue weighted by atomic mass is 9.42. The molecule has 0 spiro atoms. The summed E-state index contributed by atoms with van der Waals surface area (Å²) in [4.78, 5) is 21.2. The van der Waals surface area contributed by atoms with E-state index in [2.05, 4.69) is 12.1 Å². The summed E-state index contributed by atoms with van der Waals surface area (Å²) in [7, 11) is 0. The summed E-state index contributed by atoms with van der Waals surface area (Å²) >= 11 is 0. The van der Waals surface area contributed by atoms with Gasteiger partial charge in [-0.15, -0.1) is 0 Å². The van der Waals surface area contributed by atoms with Gasteiger partial charge in [-0.1, -0.05) is 36.4 Å². The molecule has 0 aromatic heterocycles. The van der Waals surface area contributed by atoms with Crippen molar-refractivity contribution >= 4 is 11.4 Å². The van der Waals surface area contributed by atoms with Crippen LogP contribution in [0, 0.1) is 38.0 Å². The Morgan fingerprint density at radius 1 is 0.682 bits per heavy atom. The number of rotatable bonds is 8. The molecule has 2 N–H and O–H groups in total. The Kier molecular flexibility index (Phi) is 6.64. The summed E-state index contributed by atoms with van der Waals surface area (Å²) in [6, 6.07) is 23.8. The average molecular weight is 595 g/mol. The van der Waals surface area contributed by atoms with Gasteiger partial charge in [0.15, 0.2) is 11.5 Å². The average Bonchev–Trinajstić information content (AvgIpc) is 2.97. The van der Waals surface area contributed by atoms with Crippen molar-refractivity contribution in [3.63, 3.8) is 0 Å². The number of hydrogen-bond acceptors (Lipinski definition) is 8. The van der Waals surface area contributed by atoms with E-state index in [1.54, 1.807) is 0 Å². The van der Waals surface area contributed by atoms with Gasteiger partial charge in [-0.3, -0.25) is 20.2 Å². The van der Waals surface area contributed by atoms with Gasteiger partial charge in [0, 0.05) is 41.2 Å². The second kappa shape index (κ2) is 10.6. The Morgan fingerprint density at radius 3 is 1.77 bits per heavy atom. The second-order valence-electron chi connectivity index (χ2n) is 12.3. The highest BCUT2D eigenvalue weighted by atomic mass is 16.6. The molecule has 4 bridgehead atoms. The summed E-state index contributed by atoms with van der Waals surface area (Å²) < 4.78 is 12.7. The van der Waals surface area contributed by atoms with Gasteiger partial charge in [0.1, 0.15) is 23.0 Å². The number of phenolic OH excluding ortho intramolecular Hbond substituents is 2.